The highest BCUT2D eigenvalue weighted by Gasteiger charge is 2.46. The van der Waals surface area contributed by atoms with Crippen LogP contribution in [-0.2, 0) is 9.53 Å². The van der Waals surface area contributed by atoms with Crippen LogP contribution in [-0.4, -0.2) is 66.5 Å². The molecule has 1 aliphatic rings. The van der Waals surface area contributed by atoms with Crippen LogP contribution in [0.1, 0.15) is 33.0 Å². The van der Waals surface area contributed by atoms with Crippen molar-refractivity contribution in [3.8, 4) is 11.4 Å². The number of hydrogen-bond donors (Lipinski definition) is 4. The Kier molecular flexibility index (Phi) is 7.14. The van der Waals surface area contributed by atoms with Gasteiger partial charge < -0.3 is 25.4 Å². The minimum Gasteiger partial charge on any atom is -0.394 e. The van der Waals surface area contributed by atoms with E-state index in [1.54, 1.807) is 4.57 Å². The van der Waals surface area contributed by atoms with Crippen molar-refractivity contribution in [1.29, 1.82) is 0 Å². The molecule has 1 saturated heterocycles. The van der Waals surface area contributed by atoms with Crippen molar-refractivity contribution in [2.24, 2.45) is 0 Å². The predicted octanol–water partition coefficient (Wildman–Crippen LogP) is 1.57. The number of rotatable bonds is 5. The highest BCUT2D eigenvalue weighted by atomic mass is 35.5. The Morgan fingerprint density at radius 1 is 1.39 bits per heavy atom. The Morgan fingerprint density at radius 2 is 2.06 bits per heavy atom. The summed E-state index contributed by atoms with van der Waals surface area (Å²) in [4.78, 5) is 11.7. The molecule has 4 N–H and O–H groups in total. The van der Waals surface area contributed by atoms with Gasteiger partial charge in [0.15, 0.2) is 12.1 Å². The van der Waals surface area contributed by atoms with Gasteiger partial charge in [-0.1, -0.05) is 11.6 Å². The van der Waals surface area contributed by atoms with Gasteiger partial charge in [-0.25, -0.2) is 9.07 Å². The molecular weight excluding hydrogens is 451 g/mol. The first-order valence-electron chi connectivity index (χ1n) is 9.62. The van der Waals surface area contributed by atoms with Crippen molar-refractivity contribution in [2.75, 3.05) is 6.61 Å². The molecule has 1 aromatic carbocycles. The molecule has 2 heterocycles. The van der Waals surface area contributed by atoms with Crippen molar-refractivity contribution < 1.29 is 29.2 Å². The predicted molar refractivity (Wildman–Crippen MR) is 112 cm³/mol. The van der Waals surface area contributed by atoms with Gasteiger partial charge in [0, 0.05) is 18.5 Å². The van der Waals surface area contributed by atoms with Gasteiger partial charge in [0.25, 0.3) is 0 Å². The van der Waals surface area contributed by atoms with Crippen molar-refractivity contribution in [3.63, 3.8) is 0 Å². The van der Waals surface area contributed by atoms with Gasteiger partial charge in [-0.05, 0) is 44.3 Å². The zero-order valence-corrected chi connectivity index (χ0v) is 18.6. The number of nitrogens with one attached hydrogen (secondary N) is 1. The molecule has 1 aromatic heterocycles. The summed E-state index contributed by atoms with van der Waals surface area (Å²) in [5.74, 6) is -0.676. The summed E-state index contributed by atoms with van der Waals surface area (Å²) < 4.78 is 22.6. The van der Waals surface area contributed by atoms with E-state index in [-0.39, 0.29) is 15.8 Å². The summed E-state index contributed by atoms with van der Waals surface area (Å²) >= 11 is 11.5. The fraction of sp³-hybridized carbons (Fsp3) is 0.526. The average molecular weight is 475 g/mol. The lowest BCUT2D eigenvalue weighted by atomic mass is 9.96. The molecule has 9 nitrogen and oxygen atoms in total. The third-order valence-corrected chi connectivity index (χ3v) is 5.71. The fourth-order valence-electron chi connectivity index (χ4n) is 3.55. The zero-order chi connectivity index (χ0) is 23.0. The van der Waals surface area contributed by atoms with E-state index >= 15 is 0 Å². The third kappa shape index (κ3) is 4.52. The molecular formula is C19H24ClFN4O5S. The Bertz CT molecular complexity index is 1030. The zero-order valence-electron chi connectivity index (χ0n) is 17.1. The maximum atomic E-state index is 13.7. The minimum atomic E-state index is -1.45. The van der Waals surface area contributed by atoms with Crippen molar-refractivity contribution >= 4 is 29.7 Å². The fourth-order valence-corrected chi connectivity index (χ4v) is 4.18. The van der Waals surface area contributed by atoms with E-state index in [0.29, 0.717) is 11.4 Å². The third-order valence-electron chi connectivity index (χ3n) is 5.04. The Labute approximate surface area is 188 Å². The quantitative estimate of drug-likeness (QED) is 0.485. The molecule has 170 valence electrons. The number of nitrogens with zero attached hydrogens (tertiary/aromatic N) is 3. The topological polar surface area (TPSA) is 122 Å². The monoisotopic (exact) mass is 474 g/mol. The van der Waals surface area contributed by atoms with E-state index in [0.717, 1.165) is 0 Å². The number of aromatic nitrogens is 3. The molecule has 0 unspecified atom stereocenters. The minimum absolute atomic E-state index is 0.0859. The molecule has 0 saturated carbocycles. The first-order chi connectivity index (χ1) is 14.6. The lowest BCUT2D eigenvalue weighted by Crippen LogP contribution is -2.62. The van der Waals surface area contributed by atoms with E-state index in [1.165, 1.54) is 29.8 Å². The Hall–Kier alpha value is -1.89. The van der Waals surface area contributed by atoms with Crippen LogP contribution >= 0.6 is 23.8 Å². The van der Waals surface area contributed by atoms with Gasteiger partial charge in [-0.2, -0.15) is 0 Å². The SMILES string of the molecule is CC(=O)N[C@@H]1[C@@H](O)[C@H](O)[C@@H](CO)O[C@H]1n1nc(-c2ccc(F)c(Cl)c2)n(C(C)C)c1=S. The van der Waals surface area contributed by atoms with Crippen LogP contribution in [0.2, 0.25) is 5.02 Å². The van der Waals surface area contributed by atoms with Crippen LogP contribution in [0.5, 0.6) is 0 Å². The molecule has 31 heavy (non-hydrogen) atoms. The van der Waals surface area contributed by atoms with Crippen LogP contribution in [0.4, 0.5) is 4.39 Å². The van der Waals surface area contributed by atoms with Gasteiger partial charge in [-0.3, -0.25) is 9.36 Å². The summed E-state index contributed by atoms with van der Waals surface area (Å²) in [5, 5.41) is 37.4. The van der Waals surface area contributed by atoms with Crippen LogP contribution in [0.3, 0.4) is 0 Å². The molecule has 3 rings (SSSR count). The number of aliphatic hydroxyl groups excluding tert-OH is 3. The molecule has 0 aliphatic carbocycles. The first-order valence-corrected chi connectivity index (χ1v) is 10.4. The smallest absolute Gasteiger partial charge is 0.217 e. The van der Waals surface area contributed by atoms with Gasteiger partial charge in [0.05, 0.1) is 11.6 Å². The number of aliphatic hydroxyl groups is 3. The molecule has 2 aromatic rings. The Balaban J connectivity index is 2.16. The van der Waals surface area contributed by atoms with E-state index in [1.807, 2.05) is 13.8 Å². The molecule has 0 spiro atoms. The van der Waals surface area contributed by atoms with Crippen LogP contribution < -0.4 is 5.32 Å². The van der Waals surface area contributed by atoms with Gasteiger partial charge in [0.2, 0.25) is 10.7 Å². The summed E-state index contributed by atoms with van der Waals surface area (Å²) in [6, 6.07) is 2.88. The van der Waals surface area contributed by atoms with E-state index in [2.05, 4.69) is 10.4 Å². The highest BCUT2D eigenvalue weighted by molar-refractivity contribution is 7.71. The average Bonchev–Trinajstić information content (AvgIpc) is 3.05. The molecule has 0 radical (unpaired) electrons. The van der Waals surface area contributed by atoms with Gasteiger partial charge >= 0.3 is 0 Å². The number of ether oxygens (including phenoxy) is 1. The summed E-state index contributed by atoms with van der Waals surface area (Å²) in [6.07, 6.45) is -5.13. The van der Waals surface area contributed by atoms with Crippen LogP contribution in [0.25, 0.3) is 11.4 Å². The molecule has 0 bridgehead atoms. The maximum Gasteiger partial charge on any atom is 0.217 e. The maximum absolute atomic E-state index is 13.7. The van der Waals surface area contributed by atoms with Crippen molar-refractivity contribution in [2.45, 2.75) is 57.4 Å². The lowest BCUT2D eigenvalue weighted by Gasteiger charge is -2.42. The standard InChI is InChI=1S/C19H24ClFN4O5S/c1-8(2)24-17(10-4-5-12(21)11(20)6-10)23-25(19(24)31)18-14(22-9(3)27)16(29)15(28)13(7-26)30-18/h4-6,8,13-16,18,26,28-29H,7H2,1-3H3,(H,22,27)/t13-,14-,15-,16-,18-/m1/s1. The van der Waals surface area contributed by atoms with Crippen LogP contribution in [0.15, 0.2) is 18.2 Å². The number of carbonyl (C=O) groups excluding carboxylic acids is 1. The molecule has 12 heteroatoms. The Morgan fingerprint density at radius 3 is 2.61 bits per heavy atom. The second kappa shape index (κ2) is 9.31. The molecule has 1 aliphatic heterocycles. The number of halogens is 2. The van der Waals surface area contributed by atoms with Crippen molar-refractivity contribution in [1.82, 2.24) is 19.7 Å². The van der Waals surface area contributed by atoms with Gasteiger partial charge in [-0.15, -0.1) is 5.10 Å². The molecule has 5 atom stereocenters. The molecule has 1 amide bonds. The van der Waals surface area contributed by atoms with Crippen LogP contribution in [0, 0.1) is 10.6 Å². The van der Waals surface area contributed by atoms with Crippen molar-refractivity contribution in [3.05, 3.63) is 33.8 Å². The van der Waals surface area contributed by atoms with Gasteiger partial charge in [0.1, 0.15) is 30.2 Å². The lowest BCUT2D eigenvalue weighted by molar-refractivity contribution is -0.219. The largest absolute Gasteiger partial charge is 0.394 e. The second-order valence-electron chi connectivity index (χ2n) is 7.60. The summed E-state index contributed by atoms with van der Waals surface area (Å²) in [5.41, 5.74) is 0.496. The summed E-state index contributed by atoms with van der Waals surface area (Å²) in [7, 11) is 0. The van der Waals surface area contributed by atoms with E-state index < -0.39 is 48.9 Å². The first kappa shape index (κ1) is 23.8. The van der Waals surface area contributed by atoms with E-state index in [4.69, 9.17) is 28.6 Å². The number of amides is 1. The summed E-state index contributed by atoms with van der Waals surface area (Å²) in [6.45, 7) is 4.43. The molecule has 1 fully saturated rings. The second-order valence-corrected chi connectivity index (χ2v) is 8.37. The number of hydrogen-bond acceptors (Lipinski definition) is 7. The number of benzene rings is 1. The number of carbonyl (C=O) groups is 1. The van der Waals surface area contributed by atoms with E-state index in [9.17, 15) is 24.5 Å². The normalized spacial score (nSPS) is 26.3. The highest BCUT2D eigenvalue weighted by Crippen LogP contribution is 2.32.